The number of benzene rings is 4. The van der Waals surface area contributed by atoms with E-state index < -0.39 is 23.4 Å². The van der Waals surface area contributed by atoms with Crippen LogP contribution in [-0.4, -0.2) is 36.9 Å². The molecule has 45 heavy (non-hydrogen) atoms. The molecule has 0 bridgehead atoms. The standard InChI is InChI=1S/C33H35O10PS/c1-37-28-20-31(39-3)29(32(21-28)40-4)17-18-45(35,36)24-27-15-16-30(38-2)33(19-27)43-44(34,41-22-25-11-7-5-8-12-25)42-23-26-13-9-6-10-14-26/h5-21H,22-24H2,1-4H3. The summed E-state index contributed by atoms with van der Waals surface area (Å²) in [6, 6.07) is 26.1. The maximum Gasteiger partial charge on any atom is 0.530 e. The van der Waals surface area contributed by atoms with Crippen LogP contribution in [0, 0.1) is 0 Å². The summed E-state index contributed by atoms with van der Waals surface area (Å²) in [6.07, 6.45) is 1.40. The highest BCUT2D eigenvalue weighted by molar-refractivity contribution is 7.93. The molecular weight excluding hydrogens is 619 g/mol. The lowest BCUT2D eigenvalue weighted by Gasteiger charge is -2.20. The molecule has 0 radical (unpaired) electrons. The van der Waals surface area contributed by atoms with E-state index in [1.165, 1.54) is 46.6 Å². The second kappa shape index (κ2) is 15.6. The molecule has 0 saturated heterocycles. The number of rotatable bonds is 16. The third-order valence-electron chi connectivity index (χ3n) is 6.47. The Balaban J connectivity index is 1.58. The van der Waals surface area contributed by atoms with Crippen molar-refractivity contribution in [3.63, 3.8) is 0 Å². The normalized spacial score (nSPS) is 11.7. The Morgan fingerprint density at radius 2 is 1.16 bits per heavy atom. The first-order chi connectivity index (χ1) is 21.7. The van der Waals surface area contributed by atoms with Crippen LogP contribution in [0.3, 0.4) is 0 Å². The minimum absolute atomic E-state index is 0.00266. The van der Waals surface area contributed by atoms with Crippen LogP contribution in [0.5, 0.6) is 28.7 Å². The zero-order valence-electron chi connectivity index (χ0n) is 25.4. The SMILES string of the molecule is COc1cc(OC)c(C=CS(=O)(=O)Cc2ccc(OC)c(OP(=O)(OCc3ccccc3)OCc3ccccc3)c2)c(OC)c1. The number of methoxy groups -OCH3 is 4. The van der Waals surface area contributed by atoms with Gasteiger partial charge >= 0.3 is 7.82 Å². The number of phosphoric acid groups is 1. The Kier molecular flexibility index (Phi) is 11.7. The first-order valence-electron chi connectivity index (χ1n) is 13.7. The van der Waals surface area contributed by atoms with Crippen molar-refractivity contribution < 1.29 is 45.5 Å². The Morgan fingerprint density at radius 3 is 1.64 bits per heavy atom. The lowest BCUT2D eigenvalue weighted by Crippen LogP contribution is -2.06. The number of ether oxygens (including phenoxy) is 4. The molecule has 4 aromatic carbocycles. The molecule has 0 aliphatic rings. The Labute approximate surface area is 263 Å². The highest BCUT2D eigenvalue weighted by Crippen LogP contribution is 2.53. The van der Waals surface area contributed by atoms with Crippen molar-refractivity contribution in [2.24, 2.45) is 0 Å². The molecule has 0 aliphatic heterocycles. The zero-order chi connectivity index (χ0) is 32.3. The first-order valence-corrected chi connectivity index (χ1v) is 16.9. The number of phosphoric ester groups is 1. The van der Waals surface area contributed by atoms with Crippen LogP contribution in [0.15, 0.2) is 96.4 Å². The van der Waals surface area contributed by atoms with Gasteiger partial charge in [0.2, 0.25) is 0 Å². The van der Waals surface area contributed by atoms with Crippen LogP contribution in [-0.2, 0) is 42.4 Å². The van der Waals surface area contributed by atoms with Crippen molar-refractivity contribution in [3.8, 4) is 28.7 Å². The minimum Gasteiger partial charge on any atom is -0.496 e. The summed E-state index contributed by atoms with van der Waals surface area (Å²) < 4.78 is 79.1. The first kappa shape index (κ1) is 33.6. The quantitative estimate of drug-likeness (QED) is 0.115. The summed E-state index contributed by atoms with van der Waals surface area (Å²) in [6.45, 7) is -0.0985. The number of hydrogen-bond donors (Lipinski definition) is 0. The molecule has 12 heteroatoms. The number of sulfone groups is 1. The molecule has 0 heterocycles. The fraction of sp³-hybridized carbons (Fsp3) is 0.212. The molecule has 238 valence electrons. The van der Waals surface area contributed by atoms with E-state index in [-0.39, 0.29) is 24.7 Å². The van der Waals surface area contributed by atoms with Crippen molar-refractivity contribution in [1.82, 2.24) is 0 Å². The van der Waals surface area contributed by atoms with Gasteiger partial charge in [0.25, 0.3) is 0 Å². The van der Waals surface area contributed by atoms with E-state index in [1.54, 1.807) is 18.2 Å². The maximum absolute atomic E-state index is 13.9. The Bertz CT molecular complexity index is 1670. The predicted octanol–water partition coefficient (Wildman–Crippen LogP) is 7.23. The largest absolute Gasteiger partial charge is 0.530 e. The van der Waals surface area contributed by atoms with E-state index in [9.17, 15) is 13.0 Å². The average molecular weight is 655 g/mol. The summed E-state index contributed by atoms with van der Waals surface area (Å²) in [5, 5.41) is 1.07. The predicted molar refractivity (Wildman–Crippen MR) is 171 cm³/mol. The van der Waals surface area contributed by atoms with Crippen molar-refractivity contribution in [2.75, 3.05) is 28.4 Å². The zero-order valence-corrected chi connectivity index (χ0v) is 27.1. The van der Waals surface area contributed by atoms with Crippen LogP contribution < -0.4 is 23.5 Å². The maximum atomic E-state index is 13.9. The molecule has 0 amide bonds. The van der Waals surface area contributed by atoms with Gasteiger partial charge in [-0.05, 0) is 34.9 Å². The van der Waals surface area contributed by atoms with E-state index in [4.69, 9.17) is 32.5 Å². The average Bonchev–Trinajstić information content (AvgIpc) is 3.06. The second-order valence-corrected chi connectivity index (χ2v) is 13.1. The van der Waals surface area contributed by atoms with Crippen LogP contribution in [0.2, 0.25) is 0 Å². The molecule has 0 spiro atoms. The molecule has 0 aliphatic carbocycles. The van der Waals surface area contributed by atoms with Crippen LogP contribution in [0.25, 0.3) is 6.08 Å². The monoisotopic (exact) mass is 654 g/mol. The highest BCUT2D eigenvalue weighted by Gasteiger charge is 2.31. The molecule has 10 nitrogen and oxygen atoms in total. The van der Waals surface area contributed by atoms with Gasteiger partial charge in [-0.15, -0.1) is 0 Å². The smallest absolute Gasteiger partial charge is 0.496 e. The van der Waals surface area contributed by atoms with E-state index in [2.05, 4.69) is 0 Å². The lowest BCUT2D eigenvalue weighted by molar-refractivity contribution is 0.142. The number of hydrogen-bond acceptors (Lipinski definition) is 10. The molecule has 0 aromatic heterocycles. The Hall–Kier alpha value is -4.28. The van der Waals surface area contributed by atoms with E-state index in [1.807, 2.05) is 60.7 Å². The van der Waals surface area contributed by atoms with Crippen molar-refractivity contribution in [2.45, 2.75) is 19.0 Å². The van der Waals surface area contributed by atoms with Gasteiger partial charge in [0.05, 0.1) is 53.0 Å². The van der Waals surface area contributed by atoms with Crippen molar-refractivity contribution in [3.05, 3.63) is 119 Å². The summed E-state index contributed by atoms with van der Waals surface area (Å²) in [7, 11) is -2.22. The van der Waals surface area contributed by atoms with Crippen LogP contribution in [0.1, 0.15) is 22.3 Å². The summed E-state index contributed by atoms with van der Waals surface area (Å²) in [4.78, 5) is 0. The van der Waals surface area contributed by atoms with Gasteiger partial charge in [0, 0.05) is 17.5 Å². The molecular formula is C33H35O10PS. The molecule has 4 aromatic rings. The van der Waals surface area contributed by atoms with E-state index in [0.29, 0.717) is 28.4 Å². The molecule has 0 atom stereocenters. The van der Waals surface area contributed by atoms with Crippen molar-refractivity contribution >= 4 is 23.7 Å². The summed E-state index contributed by atoms with van der Waals surface area (Å²) >= 11 is 0. The van der Waals surface area contributed by atoms with Gasteiger partial charge in [0.1, 0.15) is 17.2 Å². The highest BCUT2D eigenvalue weighted by atomic mass is 32.2. The van der Waals surface area contributed by atoms with E-state index >= 15 is 0 Å². The molecule has 0 N–H and O–H groups in total. The van der Waals surface area contributed by atoms with Gasteiger partial charge in [-0.25, -0.2) is 13.0 Å². The fourth-order valence-corrected chi connectivity index (χ4v) is 6.46. The van der Waals surface area contributed by atoms with Crippen LogP contribution >= 0.6 is 7.82 Å². The molecule has 0 saturated carbocycles. The van der Waals surface area contributed by atoms with Crippen molar-refractivity contribution in [1.29, 1.82) is 0 Å². The minimum atomic E-state index is -4.24. The molecule has 0 unspecified atom stereocenters. The van der Waals surface area contributed by atoms with Gasteiger partial charge in [-0.3, -0.25) is 9.05 Å². The summed E-state index contributed by atoms with van der Waals surface area (Å²) in [5.74, 6) is 1.06. The second-order valence-electron chi connectivity index (χ2n) is 9.60. The van der Waals surface area contributed by atoms with Crippen LogP contribution in [0.4, 0.5) is 0 Å². The van der Waals surface area contributed by atoms with E-state index in [0.717, 1.165) is 16.5 Å². The summed E-state index contributed by atoms with van der Waals surface area (Å²) in [5.41, 5.74) is 2.29. The third kappa shape index (κ3) is 9.60. The topological polar surface area (TPSA) is 116 Å². The van der Waals surface area contributed by atoms with Gasteiger partial charge in [-0.2, -0.15) is 0 Å². The lowest BCUT2D eigenvalue weighted by atomic mass is 10.1. The third-order valence-corrected chi connectivity index (χ3v) is 9.06. The van der Waals surface area contributed by atoms with Gasteiger partial charge in [-0.1, -0.05) is 66.7 Å². The molecule has 4 rings (SSSR count). The molecule has 0 fully saturated rings. The van der Waals surface area contributed by atoms with Gasteiger partial charge in [0.15, 0.2) is 21.3 Å². The van der Waals surface area contributed by atoms with Gasteiger partial charge < -0.3 is 23.5 Å². The Morgan fingerprint density at radius 1 is 0.622 bits per heavy atom. The fourth-order valence-electron chi connectivity index (χ4n) is 4.20.